The molecule has 26 heavy (non-hydrogen) atoms. The van der Waals surface area contributed by atoms with Crippen LogP contribution in [-0.4, -0.2) is 34.5 Å². The van der Waals surface area contributed by atoms with Crippen LogP contribution in [0, 0.1) is 0 Å². The lowest BCUT2D eigenvalue weighted by molar-refractivity contribution is -0.123. The number of fused-ring (bicyclic) bond motifs is 3. The monoisotopic (exact) mass is 351 g/mol. The topological polar surface area (TPSA) is 72.4 Å². The maximum absolute atomic E-state index is 13.5. The van der Waals surface area contributed by atoms with Crippen molar-refractivity contribution in [3.63, 3.8) is 0 Å². The Morgan fingerprint density at radius 2 is 2.04 bits per heavy atom. The highest BCUT2D eigenvalue weighted by Crippen LogP contribution is 2.50. The molecule has 0 saturated heterocycles. The first-order chi connectivity index (χ1) is 12.3. The Kier molecular flexibility index (Phi) is 3.45. The predicted molar refractivity (Wildman–Crippen MR) is 96.1 cm³/mol. The SMILES string of the molecule is COC(=O)c1cnc2c(c1)CC1(C2)C(=O)N(C(C)(C)C)c2ncccc21. The third kappa shape index (κ3) is 2.18. The molecule has 6 heteroatoms. The van der Waals surface area contributed by atoms with Crippen LogP contribution in [-0.2, 0) is 27.8 Å². The third-order valence-corrected chi connectivity index (χ3v) is 5.24. The molecule has 0 fully saturated rings. The second kappa shape index (κ2) is 5.37. The fraction of sp³-hybridized carbons (Fsp3) is 0.400. The lowest BCUT2D eigenvalue weighted by Crippen LogP contribution is -2.49. The number of hydrogen-bond acceptors (Lipinski definition) is 5. The molecule has 1 spiro atoms. The molecule has 0 bridgehead atoms. The molecule has 1 atom stereocenters. The van der Waals surface area contributed by atoms with Crippen LogP contribution in [0.1, 0.15) is 48.0 Å². The molecule has 4 rings (SSSR count). The minimum atomic E-state index is -0.694. The van der Waals surface area contributed by atoms with Gasteiger partial charge in [0.2, 0.25) is 5.91 Å². The summed E-state index contributed by atoms with van der Waals surface area (Å²) in [7, 11) is 1.35. The van der Waals surface area contributed by atoms with Gasteiger partial charge in [0.25, 0.3) is 0 Å². The van der Waals surface area contributed by atoms with Gasteiger partial charge in [-0.1, -0.05) is 6.07 Å². The molecular weight excluding hydrogens is 330 g/mol. The van der Waals surface area contributed by atoms with E-state index in [1.54, 1.807) is 17.2 Å². The molecule has 2 aromatic heterocycles. The molecule has 2 aromatic rings. The lowest BCUT2D eigenvalue weighted by Gasteiger charge is -2.33. The lowest BCUT2D eigenvalue weighted by atomic mass is 9.79. The van der Waals surface area contributed by atoms with Crippen molar-refractivity contribution in [2.45, 2.75) is 44.6 Å². The Balaban J connectivity index is 1.83. The zero-order valence-corrected chi connectivity index (χ0v) is 15.4. The van der Waals surface area contributed by atoms with E-state index in [2.05, 4.69) is 9.97 Å². The number of carbonyl (C=O) groups excluding carboxylic acids is 2. The van der Waals surface area contributed by atoms with Crippen molar-refractivity contribution in [1.29, 1.82) is 0 Å². The largest absolute Gasteiger partial charge is 0.465 e. The summed E-state index contributed by atoms with van der Waals surface area (Å²) in [6, 6.07) is 5.65. The number of pyridine rings is 2. The van der Waals surface area contributed by atoms with Gasteiger partial charge < -0.3 is 4.74 Å². The van der Waals surface area contributed by atoms with E-state index in [9.17, 15) is 9.59 Å². The van der Waals surface area contributed by atoms with Crippen molar-refractivity contribution in [2.24, 2.45) is 0 Å². The van der Waals surface area contributed by atoms with Crippen molar-refractivity contribution in [2.75, 3.05) is 12.0 Å². The Bertz CT molecular complexity index is 932. The van der Waals surface area contributed by atoms with E-state index < -0.39 is 11.4 Å². The fourth-order valence-corrected chi connectivity index (χ4v) is 4.09. The molecule has 1 amide bonds. The van der Waals surface area contributed by atoms with Gasteiger partial charge in [-0.3, -0.25) is 14.7 Å². The molecule has 2 aliphatic rings. The van der Waals surface area contributed by atoms with Gasteiger partial charge in [-0.15, -0.1) is 0 Å². The molecule has 0 saturated carbocycles. The zero-order valence-electron chi connectivity index (χ0n) is 15.4. The second-order valence-electron chi connectivity index (χ2n) is 7.94. The van der Waals surface area contributed by atoms with Crippen LogP contribution in [0.5, 0.6) is 0 Å². The van der Waals surface area contributed by atoms with Gasteiger partial charge in [-0.25, -0.2) is 9.78 Å². The highest BCUT2D eigenvalue weighted by Gasteiger charge is 2.57. The number of rotatable bonds is 1. The molecule has 0 N–H and O–H groups in total. The highest BCUT2D eigenvalue weighted by molar-refractivity contribution is 6.09. The van der Waals surface area contributed by atoms with Gasteiger partial charge >= 0.3 is 5.97 Å². The quantitative estimate of drug-likeness (QED) is 0.738. The first kappa shape index (κ1) is 16.7. The normalized spacial score (nSPS) is 21.1. The Labute approximate surface area is 152 Å². The second-order valence-corrected chi connectivity index (χ2v) is 7.94. The molecule has 1 aliphatic heterocycles. The van der Waals surface area contributed by atoms with Gasteiger partial charge in [0.1, 0.15) is 5.82 Å². The Hall–Kier alpha value is -2.76. The van der Waals surface area contributed by atoms with E-state index in [0.29, 0.717) is 18.4 Å². The molecule has 1 unspecified atom stereocenters. The number of carbonyl (C=O) groups is 2. The third-order valence-electron chi connectivity index (χ3n) is 5.24. The van der Waals surface area contributed by atoms with Crippen molar-refractivity contribution < 1.29 is 14.3 Å². The van der Waals surface area contributed by atoms with Gasteiger partial charge in [0.05, 0.1) is 18.1 Å². The fourth-order valence-electron chi connectivity index (χ4n) is 4.09. The molecule has 3 heterocycles. The predicted octanol–water partition coefficient (Wildman–Crippen LogP) is 2.44. The van der Waals surface area contributed by atoms with Crippen molar-refractivity contribution in [1.82, 2.24) is 9.97 Å². The summed E-state index contributed by atoms with van der Waals surface area (Å²) in [6.45, 7) is 6.04. The van der Waals surface area contributed by atoms with E-state index in [1.165, 1.54) is 13.3 Å². The molecule has 0 radical (unpaired) electrons. The van der Waals surface area contributed by atoms with Crippen LogP contribution >= 0.6 is 0 Å². The number of esters is 1. The van der Waals surface area contributed by atoms with Gasteiger partial charge in [0.15, 0.2) is 0 Å². The number of aromatic nitrogens is 2. The molecule has 0 aromatic carbocycles. The number of anilines is 1. The Morgan fingerprint density at radius 1 is 1.27 bits per heavy atom. The van der Waals surface area contributed by atoms with Crippen molar-refractivity contribution in [3.05, 3.63) is 53.0 Å². The molecule has 134 valence electrons. The summed E-state index contributed by atoms with van der Waals surface area (Å²) in [6.07, 6.45) is 4.28. The minimum absolute atomic E-state index is 0.0521. The van der Waals surface area contributed by atoms with E-state index in [4.69, 9.17) is 4.74 Å². The summed E-state index contributed by atoms with van der Waals surface area (Å²) in [5, 5.41) is 0. The number of methoxy groups -OCH3 is 1. The number of amides is 1. The number of nitrogens with zero attached hydrogens (tertiary/aromatic N) is 3. The zero-order chi connectivity index (χ0) is 18.7. The summed E-state index contributed by atoms with van der Waals surface area (Å²) < 4.78 is 4.79. The number of ether oxygens (including phenoxy) is 1. The van der Waals surface area contributed by atoms with Crippen LogP contribution in [0.3, 0.4) is 0 Å². The van der Waals surface area contributed by atoms with Crippen LogP contribution in [0.2, 0.25) is 0 Å². The summed E-state index contributed by atoms with van der Waals surface area (Å²) in [5.41, 5.74) is 2.07. The van der Waals surface area contributed by atoms with Crippen LogP contribution in [0.15, 0.2) is 30.6 Å². The van der Waals surface area contributed by atoms with Crippen molar-refractivity contribution in [3.8, 4) is 0 Å². The van der Waals surface area contributed by atoms with Gasteiger partial charge in [-0.2, -0.15) is 0 Å². The van der Waals surface area contributed by atoms with Crippen LogP contribution in [0.25, 0.3) is 0 Å². The van der Waals surface area contributed by atoms with Crippen LogP contribution < -0.4 is 4.90 Å². The highest BCUT2D eigenvalue weighted by atomic mass is 16.5. The van der Waals surface area contributed by atoms with Gasteiger partial charge in [-0.05, 0) is 44.9 Å². The van der Waals surface area contributed by atoms with E-state index in [-0.39, 0.29) is 11.4 Å². The summed E-state index contributed by atoms with van der Waals surface area (Å²) in [5.74, 6) is 0.361. The first-order valence-corrected chi connectivity index (χ1v) is 8.64. The van der Waals surface area contributed by atoms with E-state index in [1.807, 2.05) is 32.9 Å². The maximum Gasteiger partial charge on any atom is 0.339 e. The van der Waals surface area contributed by atoms with Crippen LogP contribution in [0.4, 0.5) is 5.82 Å². The molecule has 1 aliphatic carbocycles. The molecule has 6 nitrogen and oxygen atoms in total. The van der Waals surface area contributed by atoms with E-state index >= 15 is 0 Å². The standard InChI is InChI=1S/C20H21N3O3/c1-19(2,3)23-16-14(6-5-7-21-16)20(18(23)25)9-12-8-13(17(24)26-4)11-22-15(12)10-20/h5-8,11H,9-10H2,1-4H3. The molecular formula is C20H21N3O3. The average molecular weight is 351 g/mol. The average Bonchev–Trinajstić information content (AvgIpc) is 3.10. The first-order valence-electron chi connectivity index (χ1n) is 8.64. The van der Waals surface area contributed by atoms with Crippen molar-refractivity contribution >= 4 is 17.7 Å². The number of hydrogen-bond donors (Lipinski definition) is 0. The summed E-state index contributed by atoms with van der Waals surface area (Å²) >= 11 is 0. The van der Waals surface area contributed by atoms with E-state index in [0.717, 1.165) is 22.6 Å². The summed E-state index contributed by atoms with van der Waals surface area (Å²) in [4.78, 5) is 36.1. The smallest absolute Gasteiger partial charge is 0.339 e. The Morgan fingerprint density at radius 3 is 2.73 bits per heavy atom. The minimum Gasteiger partial charge on any atom is -0.465 e. The van der Waals surface area contributed by atoms with Gasteiger partial charge in [0, 0.05) is 35.6 Å². The maximum atomic E-state index is 13.5.